The highest BCUT2D eigenvalue weighted by atomic mass is 16.3. The predicted octanol–water partition coefficient (Wildman–Crippen LogP) is 2.67. The highest BCUT2D eigenvalue weighted by Gasteiger charge is 2.13. The van der Waals surface area contributed by atoms with Gasteiger partial charge in [0, 0.05) is 0 Å². The summed E-state index contributed by atoms with van der Waals surface area (Å²) in [6.07, 6.45) is 5.36. The van der Waals surface area contributed by atoms with Crippen molar-refractivity contribution in [1.29, 1.82) is 0 Å². The van der Waals surface area contributed by atoms with E-state index in [0.717, 1.165) is 12.8 Å². The average molecular weight is 154 g/mol. The van der Waals surface area contributed by atoms with Gasteiger partial charge in [-0.25, -0.2) is 0 Å². The fourth-order valence-electron chi connectivity index (χ4n) is 0.697. The summed E-state index contributed by atoms with van der Waals surface area (Å²) in [5, 5.41) is 9.52. The zero-order chi connectivity index (χ0) is 8.91. The van der Waals surface area contributed by atoms with Gasteiger partial charge in [-0.3, -0.25) is 0 Å². The summed E-state index contributed by atoms with van der Waals surface area (Å²) in [4.78, 5) is 0. The Bertz CT molecular complexity index is 154. The van der Waals surface area contributed by atoms with Crippen molar-refractivity contribution in [3.05, 3.63) is 24.3 Å². The van der Waals surface area contributed by atoms with Crippen LogP contribution in [-0.4, -0.2) is 10.7 Å². The minimum atomic E-state index is -0.704. The Kier molecular flexibility index (Phi) is 4.12. The first-order chi connectivity index (χ1) is 5.02. The first kappa shape index (κ1) is 10.4. The maximum absolute atomic E-state index is 9.52. The molecule has 0 bridgehead atoms. The number of hydrogen-bond acceptors (Lipinski definition) is 1. The third-order valence-corrected chi connectivity index (χ3v) is 1.96. The van der Waals surface area contributed by atoms with E-state index in [1.807, 2.05) is 6.92 Å². The lowest BCUT2D eigenvalue weighted by atomic mass is 9.98. The zero-order valence-electron chi connectivity index (χ0n) is 7.72. The van der Waals surface area contributed by atoms with Crippen LogP contribution in [0.15, 0.2) is 24.3 Å². The maximum Gasteiger partial charge on any atom is 0.0800 e. The lowest BCUT2D eigenvalue weighted by Crippen LogP contribution is -2.19. The number of rotatable bonds is 4. The fourth-order valence-corrected chi connectivity index (χ4v) is 0.697. The van der Waals surface area contributed by atoms with Crippen LogP contribution in [-0.2, 0) is 0 Å². The molecule has 1 heteroatoms. The molecule has 0 aromatic carbocycles. The van der Waals surface area contributed by atoms with Gasteiger partial charge in [0.05, 0.1) is 5.60 Å². The Hall–Kier alpha value is -0.560. The van der Waals surface area contributed by atoms with Crippen LogP contribution in [0.5, 0.6) is 0 Å². The highest BCUT2D eigenvalue weighted by molar-refractivity contribution is 5.00. The van der Waals surface area contributed by atoms with E-state index in [1.165, 1.54) is 5.57 Å². The van der Waals surface area contributed by atoms with E-state index in [0.29, 0.717) is 0 Å². The maximum atomic E-state index is 9.52. The van der Waals surface area contributed by atoms with Gasteiger partial charge in [0.25, 0.3) is 0 Å². The van der Waals surface area contributed by atoms with Gasteiger partial charge >= 0.3 is 0 Å². The molecule has 0 aromatic heterocycles. The van der Waals surface area contributed by atoms with E-state index in [9.17, 15) is 5.11 Å². The second-order valence-corrected chi connectivity index (χ2v) is 3.20. The van der Waals surface area contributed by atoms with Gasteiger partial charge in [0.15, 0.2) is 0 Å². The van der Waals surface area contributed by atoms with Crippen LogP contribution in [0.2, 0.25) is 0 Å². The van der Waals surface area contributed by atoms with Crippen molar-refractivity contribution in [3.8, 4) is 0 Å². The average Bonchev–Trinajstić information content (AvgIpc) is 2.00. The number of allylic oxidation sites excluding steroid dienone is 2. The molecule has 0 saturated carbocycles. The number of hydrogen-bond donors (Lipinski definition) is 1. The van der Waals surface area contributed by atoms with Gasteiger partial charge in [-0.1, -0.05) is 17.7 Å². The molecule has 0 fully saturated rings. The van der Waals surface area contributed by atoms with Crippen LogP contribution in [0.3, 0.4) is 0 Å². The van der Waals surface area contributed by atoms with Crippen LogP contribution >= 0.6 is 0 Å². The minimum absolute atomic E-state index is 0.704. The Balaban J connectivity index is 3.79. The van der Waals surface area contributed by atoms with Gasteiger partial charge in [0.1, 0.15) is 0 Å². The molecular formula is C10H18O. The SMILES string of the molecule is C=CC(C)(O)CC/C(C)=C\C. The lowest BCUT2D eigenvalue weighted by molar-refractivity contribution is 0.103. The van der Waals surface area contributed by atoms with E-state index in [2.05, 4.69) is 19.6 Å². The van der Waals surface area contributed by atoms with E-state index in [4.69, 9.17) is 0 Å². The predicted molar refractivity (Wildman–Crippen MR) is 49.5 cm³/mol. The molecule has 11 heavy (non-hydrogen) atoms. The summed E-state index contributed by atoms with van der Waals surface area (Å²) < 4.78 is 0. The van der Waals surface area contributed by atoms with Crippen molar-refractivity contribution in [1.82, 2.24) is 0 Å². The van der Waals surface area contributed by atoms with E-state index >= 15 is 0 Å². The molecular weight excluding hydrogens is 136 g/mol. The lowest BCUT2D eigenvalue weighted by Gasteiger charge is -2.17. The molecule has 1 atom stereocenters. The smallest absolute Gasteiger partial charge is 0.0800 e. The molecule has 0 aromatic rings. The molecule has 0 saturated heterocycles. The minimum Gasteiger partial charge on any atom is -0.386 e. The first-order valence-electron chi connectivity index (χ1n) is 3.99. The van der Waals surface area contributed by atoms with Gasteiger partial charge < -0.3 is 5.11 Å². The topological polar surface area (TPSA) is 20.2 Å². The normalized spacial score (nSPS) is 17.6. The highest BCUT2D eigenvalue weighted by Crippen LogP contribution is 2.16. The third-order valence-electron chi connectivity index (χ3n) is 1.96. The molecule has 1 nitrogen and oxygen atoms in total. The largest absolute Gasteiger partial charge is 0.386 e. The molecule has 0 spiro atoms. The van der Waals surface area contributed by atoms with Crippen LogP contribution in [0.25, 0.3) is 0 Å². The third kappa shape index (κ3) is 4.79. The summed E-state index contributed by atoms with van der Waals surface area (Å²) in [6, 6.07) is 0. The molecule has 0 amide bonds. The van der Waals surface area contributed by atoms with Crippen molar-refractivity contribution in [2.45, 2.75) is 39.2 Å². The molecule has 0 radical (unpaired) electrons. The summed E-state index contributed by atoms with van der Waals surface area (Å²) in [7, 11) is 0. The Morgan fingerprint density at radius 3 is 2.55 bits per heavy atom. The van der Waals surface area contributed by atoms with Crippen molar-refractivity contribution < 1.29 is 5.11 Å². The fraction of sp³-hybridized carbons (Fsp3) is 0.600. The van der Waals surface area contributed by atoms with Crippen molar-refractivity contribution in [2.24, 2.45) is 0 Å². The Labute approximate surface area is 69.4 Å². The molecule has 0 rings (SSSR count). The van der Waals surface area contributed by atoms with E-state index < -0.39 is 5.60 Å². The Morgan fingerprint density at radius 2 is 2.18 bits per heavy atom. The van der Waals surface area contributed by atoms with E-state index in [1.54, 1.807) is 13.0 Å². The first-order valence-corrected chi connectivity index (χ1v) is 3.99. The van der Waals surface area contributed by atoms with Crippen LogP contribution < -0.4 is 0 Å². The molecule has 1 unspecified atom stereocenters. The van der Waals surface area contributed by atoms with Crippen molar-refractivity contribution in [3.63, 3.8) is 0 Å². The van der Waals surface area contributed by atoms with Crippen molar-refractivity contribution >= 4 is 0 Å². The van der Waals surface area contributed by atoms with Gasteiger partial charge in [-0.2, -0.15) is 0 Å². The quantitative estimate of drug-likeness (QED) is 0.617. The summed E-state index contributed by atoms with van der Waals surface area (Å²) in [6.45, 7) is 9.43. The van der Waals surface area contributed by atoms with Crippen molar-refractivity contribution in [2.75, 3.05) is 0 Å². The van der Waals surface area contributed by atoms with Gasteiger partial charge in [0.2, 0.25) is 0 Å². The molecule has 64 valence electrons. The van der Waals surface area contributed by atoms with Gasteiger partial charge in [-0.15, -0.1) is 6.58 Å². The van der Waals surface area contributed by atoms with E-state index in [-0.39, 0.29) is 0 Å². The van der Waals surface area contributed by atoms with Crippen LogP contribution in [0.4, 0.5) is 0 Å². The summed E-state index contributed by atoms with van der Waals surface area (Å²) >= 11 is 0. The number of aliphatic hydroxyl groups is 1. The zero-order valence-corrected chi connectivity index (χ0v) is 7.72. The molecule has 1 N–H and O–H groups in total. The standard InChI is InChI=1S/C10H18O/c1-5-9(3)7-8-10(4,11)6-2/h5-6,11H,2,7-8H2,1,3-4H3/b9-5-. The Morgan fingerprint density at radius 1 is 1.64 bits per heavy atom. The molecule has 0 aliphatic carbocycles. The van der Waals surface area contributed by atoms with Crippen LogP contribution in [0, 0.1) is 0 Å². The second kappa shape index (κ2) is 4.35. The summed E-state index contributed by atoms with van der Waals surface area (Å²) in [5.74, 6) is 0. The van der Waals surface area contributed by atoms with Gasteiger partial charge in [-0.05, 0) is 33.6 Å². The molecule has 0 aliphatic rings. The molecule has 0 aliphatic heterocycles. The monoisotopic (exact) mass is 154 g/mol. The summed E-state index contributed by atoms with van der Waals surface area (Å²) in [5.41, 5.74) is 0.608. The second-order valence-electron chi connectivity index (χ2n) is 3.20. The molecule has 0 heterocycles. The van der Waals surface area contributed by atoms with Crippen LogP contribution in [0.1, 0.15) is 33.6 Å².